The van der Waals surface area contributed by atoms with Gasteiger partial charge in [-0.3, -0.25) is 9.78 Å². The first kappa shape index (κ1) is 20.1. The number of aromatic nitrogens is 1. The largest absolute Gasteiger partial charge is 0.452 e. The number of esters is 1. The van der Waals surface area contributed by atoms with Gasteiger partial charge in [-0.05, 0) is 24.3 Å². The van der Waals surface area contributed by atoms with Crippen LogP contribution in [0.1, 0.15) is 5.56 Å². The number of fused-ring (bicyclic) bond motifs is 1. The quantitative estimate of drug-likeness (QED) is 0.431. The summed E-state index contributed by atoms with van der Waals surface area (Å²) in [7, 11) is 0. The summed E-state index contributed by atoms with van der Waals surface area (Å²) in [6.07, 6.45) is 4.50. The van der Waals surface area contributed by atoms with Crippen molar-refractivity contribution in [3.8, 4) is 0 Å². The second kappa shape index (κ2) is 9.06. The maximum atomic E-state index is 12.0. The monoisotopic (exact) mass is 434 g/mol. The molecule has 142 valence electrons. The third-order valence-corrected chi connectivity index (χ3v) is 4.49. The van der Waals surface area contributed by atoms with E-state index in [0.717, 1.165) is 16.5 Å². The van der Waals surface area contributed by atoms with Gasteiger partial charge in [0.2, 0.25) is 0 Å². The molecule has 0 aliphatic carbocycles. The van der Waals surface area contributed by atoms with Crippen molar-refractivity contribution < 1.29 is 14.3 Å². The number of carbonyl (C=O) groups is 2. The molecule has 1 N–H and O–H groups in total. The van der Waals surface area contributed by atoms with E-state index >= 15 is 0 Å². The molecule has 1 aromatic heterocycles. The minimum Gasteiger partial charge on any atom is -0.452 e. The Morgan fingerprint density at radius 3 is 2.54 bits per heavy atom. The van der Waals surface area contributed by atoms with Crippen molar-refractivity contribution in [2.45, 2.75) is 0 Å². The zero-order valence-corrected chi connectivity index (χ0v) is 16.6. The summed E-state index contributed by atoms with van der Waals surface area (Å²) in [5.74, 6) is -1.25. The summed E-state index contributed by atoms with van der Waals surface area (Å²) in [6, 6.07) is 12.3. The van der Waals surface area contributed by atoms with Gasteiger partial charge < -0.3 is 10.1 Å². The predicted molar refractivity (Wildman–Crippen MR) is 112 cm³/mol. The topological polar surface area (TPSA) is 68.3 Å². The highest BCUT2D eigenvalue weighted by Crippen LogP contribution is 2.33. The highest BCUT2D eigenvalue weighted by molar-refractivity contribution is 6.42. The van der Waals surface area contributed by atoms with E-state index in [1.165, 1.54) is 18.2 Å². The van der Waals surface area contributed by atoms with Crippen LogP contribution < -0.4 is 5.32 Å². The second-order valence-electron chi connectivity index (χ2n) is 5.66. The van der Waals surface area contributed by atoms with E-state index in [1.807, 2.05) is 30.3 Å². The minimum absolute atomic E-state index is 0.181. The Hall–Kier alpha value is -2.60. The Balaban J connectivity index is 1.60. The molecule has 0 unspecified atom stereocenters. The van der Waals surface area contributed by atoms with E-state index in [0.29, 0.717) is 5.02 Å². The molecule has 0 saturated heterocycles. The van der Waals surface area contributed by atoms with Gasteiger partial charge in [-0.1, -0.05) is 59.1 Å². The van der Waals surface area contributed by atoms with E-state index < -0.39 is 18.5 Å². The van der Waals surface area contributed by atoms with Crippen LogP contribution in [0.2, 0.25) is 15.1 Å². The highest BCUT2D eigenvalue weighted by atomic mass is 35.5. The molecule has 3 rings (SSSR count). The van der Waals surface area contributed by atoms with E-state index in [4.69, 9.17) is 39.5 Å². The molecule has 28 heavy (non-hydrogen) atoms. The van der Waals surface area contributed by atoms with Crippen molar-refractivity contribution in [1.82, 2.24) is 4.98 Å². The normalized spacial score (nSPS) is 11.0. The van der Waals surface area contributed by atoms with Gasteiger partial charge in [0.15, 0.2) is 6.61 Å². The number of amides is 1. The third-order valence-electron chi connectivity index (χ3n) is 3.68. The lowest BCUT2D eigenvalue weighted by atomic mass is 10.1. The van der Waals surface area contributed by atoms with Gasteiger partial charge in [0.25, 0.3) is 5.91 Å². The fourth-order valence-corrected chi connectivity index (χ4v) is 3.35. The van der Waals surface area contributed by atoms with Crippen LogP contribution in [0.5, 0.6) is 0 Å². The third kappa shape index (κ3) is 5.01. The molecular formula is C20H13Cl3N2O3. The number of benzene rings is 2. The molecule has 0 bridgehead atoms. The van der Waals surface area contributed by atoms with Crippen molar-refractivity contribution in [2.24, 2.45) is 0 Å². The average molecular weight is 436 g/mol. The van der Waals surface area contributed by atoms with Gasteiger partial charge in [-0.2, -0.15) is 0 Å². The van der Waals surface area contributed by atoms with Gasteiger partial charge in [-0.25, -0.2) is 4.79 Å². The lowest BCUT2D eigenvalue weighted by molar-refractivity contribution is -0.142. The number of nitrogens with one attached hydrogen (secondary N) is 1. The van der Waals surface area contributed by atoms with Crippen molar-refractivity contribution in [2.75, 3.05) is 11.9 Å². The molecule has 5 nitrogen and oxygen atoms in total. The Morgan fingerprint density at radius 1 is 1.07 bits per heavy atom. The molecule has 0 spiro atoms. The minimum atomic E-state index is -0.670. The maximum absolute atomic E-state index is 12.0. The van der Waals surface area contributed by atoms with Crippen LogP contribution in [0.15, 0.2) is 54.7 Å². The number of hydrogen-bond donors (Lipinski definition) is 1. The molecule has 0 aliphatic heterocycles. The van der Waals surface area contributed by atoms with Gasteiger partial charge in [0, 0.05) is 28.2 Å². The van der Waals surface area contributed by atoms with Crippen molar-refractivity contribution >= 4 is 69.3 Å². The lowest BCUT2D eigenvalue weighted by Gasteiger charge is -2.09. The predicted octanol–water partition coefficient (Wildman–Crippen LogP) is 5.39. The first-order chi connectivity index (χ1) is 13.4. The standard InChI is InChI=1S/C20H13Cl3N2O3/c21-14-9-15(22)20(16(23)10-14)25-17(26)11-28-18(27)7-6-13-4-1-3-12-5-2-8-24-19(12)13/h1-10H,11H2,(H,25,26)/b7-6+. The average Bonchev–Trinajstić information content (AvgIpc) is 2.67. The SMILES string of the molecule is O=C(COC(=O)/C=C/c1cccc2cccnc12)Nc1c(Cl)cc(Cl)cc1Cl. The van der Waals surface area contributed by atoms with Crippen molar-refractivity contribution in [3.05, 3.63) is 75.4 Å². The first-order valence-corrected chi connectivity index (χ1v) is 9.20. The van der Waals surface area contributed by atoms with Crippen molar-refractivity contribution in [3.63, 3.8) is 0 Å². The number of halogens is 3. The van der Waals surface area contributed by atoms with Gasteiger partial charge in [0.1, 0.15) is 0 Å². The molecule has 0 saturated carbocycles. The zero-order valence-electron chi connectivity index (χ0n) is 14.3. The van der Waals surface area contributed by atoms with Gasteiger partial charge in [-0.15, -0.1) is 0 Å². The Bertz CT molecular complexity index is 1050. The fourth-order valence-electron chi connectivity index (χ4n) is 2.44. The molecular weight excluding hydrogens is 423 g/mol. The van der Waals surface area contributed by atoms with Crippen LogP contribution >= 0.6 is 34.8 Å². The molecule has 2 aromatic carbocycles. The molecule has 1 heterocycles. The van der Waals surface area contributed by atoms with Crippen LogP contribution in [0, 0.1) is 0 Å². The summed E-state index contributed by atoms with van der Waals surface area (Å²) in [6.45, 7) is -0.494. The van der Waals surface area contributed by atoms with Crippen LogP contribution in [0.25, 0.3) is 17.0 Å². The molecule has 0 atom stereocenters. The maximum Gasteiger partial charge on any atom is 0.331 e. The first-order valence-electron chi connectivity index (χ1n) is 8.07. The number of anilines is 1. The second-order valence-corrected chi connectivity index (χ2v) is 6.91. The summed E-state index contributed by atoms with van der Waals surface area (Å²) in [5.41, 5.74) is 1.73. The number of nitrogens with zero attached hydrogens (tertiary/aromatic N) is 1. The smallest absolute Gasteiger partial charge is 0.331 e. The van der Waals surface area contributed by atoms with Crippen LogP contribution in [0.4, 0.5) is 5.69 Å². The summed E-state index contributed by atoms with van der Waals surface area (Å²) < 4.78 is 4.94. The number of carbonyl (C=O) groups excluding carboxylic acids is 2. The van der Waals surface area contributed by atoms with Crippen molar-refractivity contribution in [1.29, 1.82) is 0 Å². The fraction of sp³-hybridized carbons (Fsp3) is 0.0500. The molecule has 8 heteroatoms. The number of para-hydroxylation sites is 1. The summed E-state index contributed by atoms with van der Waals surface area (Å²) in [4.78, 5) is 28.2. The van der Waals surface area contributed by atoms with E-state index in [2.05, 4.69) is 10.3 Å². The molecule has 1 amide bonds. The van der Waals surface area contributed by atoms with Crippen LogP contribution in [0.3, 0.4) is 0 Å². The molecule has 0 aliphatic rings. The van der Waals surface area contributed by atoms with Crippen LogP contribution in [-0.4, -0.2) is 23.5 Å². The number of pyridine rings is 1. The Morgan fingerprint density at radius 2 is 1.79 bits per heavy atom. The summed E-state index contributed by atoms with van der Waals surface area (Å²) >= 11 is 17.8. The molecule has 3 aromatic rings. The zero-order chi connectivity index (χ0) is 20.1. The highest BCUT2D eigenvalue weighted by Gasteiger charge is 2.12. The Labute approximate surface area is 175 Å². The van der Waals surface area contributed by atoms with E-state index in [9.17, 15) is 9.59 Å². The van der Waals surface area contributed by atoms with Gasteiger partial charge in [0.05, 0.1) is 21.2 Å². The van der Waals surface area contributed by atoms with E-state index in [-0.39, 0.29) is 15.7 Å². The Kier molecular flexibility index (Phi) is 6.52. The number of rotatable bonds is 5. The van der Waals surface area contributed by atoms with Gasteiger partial charge >= 0.3 is 5.97 Å². The lowest BCUT2D eigenvalue weighted by Crippen LogP contribution is -2.20. The molecule has 0 fully saturated rings. The number of hydrogen-bond acceptors (Lipinski definition) is 4. The van der Waals surface area contributed by atoms with Crippen LogP contribution in [-0.2, 0) is 14.3 Å². The number of ether oxygens (including phenoxy) is 1. The van der Waals surface area contributed by atoms with E-state index in [1.54, 1.807) is 12.3 Å². The molecule has 0 radical (unpaired) electrons. The summed E-state index contributed by atoms with van der Waals surface area (Å²) in [5, 5.41) is 4.14.